The summed E-state index contributed by atoms with van der Waals surface area (Å²) >= 11 is 5.66. The van der Waals surface area contributed by atoms with E-state index < -0.39 is 5.25 Å². The maximum atomic E-state index is 11.6. The van der Waals surface area contributed by atoms with Gasteiger partial charge in [-0.05, 0) is 44.8 Å². The van der Waals surface area contributed by atoms with Crippen LogP contribution in [0.4, 0.5) is 0 Å². The Morgan fingerprint density at radius 1 is 0.949 bits per heavy atom. The van der Waals surface area contributed by atoms with Crippen LogP contribution < -0.4 is 21.3 Å². The number of thiol groups is 1. The first kappa shape index (κ1) is 36.5. The quantitative estimate of drug-likeness (QED) is 0.0322. The number of carbonyl (C=O) groups excluding carboxylic acids is 7. The van der Waals surface area contributed by atoms with E-state index in [4.69, 9.17) is 7.85 Å². The molecule has 1 atom stereocenters. The number of rotatable bonds is 20. The minimum atomic E-state index is -0.507. The molecule has 1 saturated heterocycles. The fourth-order valence-electron chi connectivity index (χ4n) is 3.24. The molecule has 2 radical (unpaired) electrons. The van der Waals surface area contributed by atoms with Crippen LogP contribution in [-0.4, -0.2) is 97.4 Å². The van der Waals surface area contributed by atoms with Crippen LogP contribution in [0.15, 0.2) is 0 Å². The van der Waals surface area contributed by atoms with Crippen molar-refractivity contribution in [2.24, 2.45) is 0 Å². The molecule has 15 heteroatoms. The molecule has 218 valence electrons. The average molecular weight is 586 g/mol. The predicted molar refractivity (Wildman–Crippen MR) is 153 cm³/mol. The monoisotopic (exact) mass is 585 g/mol. The molecule has 6 amide bonds. The molecule has 0 spiro atoms. The van der Waals surface area contributed by atoms with Gasteiger partial charge in [0.25, 0.3) is 0 Å². The summed E-state index contributed by atoms with van der Waals surface area (Å²) in [5.41, 5.74) is -0.257. The highest BCUT2D eigenvalue weighted by atomic mass is 32.2. The maximum Gasteiger partial charge on any atom is 0.242 e. The number of imide groups is 1. The fourth-order valence-corrected chi connectivity index (χ4v) is 4.35. The largest absolute Gasteiger partial charge is 0.355 e. The van der Waals surface area contributed by atoms with Crippen molar-refractivity contribution >= 4 is 73.9 Å². The van der Waals surface area contributed by atoms with Gasteiger partial charge >= 0.3 is 0 Å². The second-order valence-electron chi connectivity index (χ2n) is 8.57. The van der Waals surface area contributed by atoms with E-state index in [1.807, 2.05) is 6.92 Å². The number of thioether (sulfide) groups is 1. The Balaban J connectivity index is 0.000000768. The number of hydrogen-bond donors (Lipinski definition) is 5. The Labute approximate surface area is 241 Å². The van der Waals surface area contributed by atoms with E-state index in [0.29, 0.717) is 51.1 Å². The summed E-state index contributed by atoms with van der Waals surface area (Å²) < 4.78 is 0. The van der Waals surface area contributed by atoms with E-state index in [1.54, 1.807) is 11.8 Å². The number of likely N-dealkylation sites (tertiary alicyclic amines) is 1. The molecule has 1 aliphatic rings. The zero-order chi connectivity index (χ0) is 29.5. The molecule has 1 heterocycles. The van der Waals surface area contributed by atoms with Crippen LogP contribution in [0.2, 0.25) is 0 Å². The lowest BCUT2D eigenvalue weighted by atomic mass is 9.97. The number of carbonyl (C=O) groups is 7. The van der Waals surface area contributed by atoms with Gasteiger partial charge in [0.1, 0.15) is 0 Å². The summed E-state index contributed by atoms with van der Waals surface area (Å²) in [7, 11) is 5.01. The topological polar surface area (TPSA) is 171 Å². The molecular formula is C24H40BN5O7S2. The van der Waals surface area contributed by atoms with Gasteiger partial charge in [0.2, 0.25) is 35.9 Å². The van der Waals surface area contributed by atoms with Crippen molar-refractivity contribution < 1.29 is 33.6 Å². The van der Waals surface area contributed by atoms with Gasteiger partial charge in [0.15, 0.2) is 7.85 Å². The van der Waals surface area contributed by atoms with Crippen molar-refractivity contribution in [2.45, 2.75) is 70.0 Å². The van der Waals surface area contributed by atoms with Crippen LogP contribution in [0, 0.1) is 0 Å². The molecule has 0 aliphatic carbocycles. The molecule has 0 aromatic carbocycles. The van der Waals surface area contributed by atoms with Gasteiger partial charge in [-0.15, -0.1) is 11.8 Å². The van der Waals surface area contributed by atoms with E-state index in [1.165, 1.54) is 4.90 Å². The summed E-state index contributed by atoms with van der Waals surface area (Å²) in [6, 6.07) is 0. The van der Waals surface area contributed by atoms with E-state index in [2.05, 4.69) is 33.9 Å². The number of likely N-dealkylation sites (N-methyl/N-ethyl adjacent to an activating group) is 1. The SMILES string of the molecule is CCNC(=O)CNC(=O)CCCCCN1C(=O)CC(S)C1=O.[B]C(=O)CCCCCSCNC(=O)CNC=O. The van der Waals surface area contributed by atoms with E-state index in [9.17, 15) is 33.6 Å². The van der Waals surface area contributed by atoms with Crippen molar-refractivity contribution in [3.63, 3.8) is 0 Å². The second-order valence-corrected chi connectivity index (χ2v) is 10.3. The fraction of sp³-hybridized carbons (Fsp3) is 0.708. The van der Waals surface area contributed by atoms with Crippen LogP contribution >= 0.6 is 24.4 Å². The summed E-state index contributed by atoms with van der Waals surface area (Å²) in [6.45, 7) is 2.74. The van der Waals surface area contributed by atoms with Gasteiger partial charge in [-0.1, -0.05) is 12.8 Å². The third-order valence-electron chi connectivity index (χ3n) is 5.25. The molecule has 39 heavy (non-hydrogen) atoms. The minimum Gasteiger partial charge on any atom is -0.355 e. The lowest BCUT2D eigenvalue weighted by Gasteiger charge is -2.13. The molecule has 1 aliphatic heterocycles. The average Bonchev–Trinajstić information content (AvgIpc) is 3.13. The molecule has 12 nitrogen and oxygen atoms in total. The molecule has 0 saturated carbocycles. The standard InChI is InChI=1S/C14H23N3O4S.C10H17BN2O3S/c1-2-15-12(19)9-16-11(18)6-4-3-5-7-17-13(20)8-10(22)14(17)21;11-9(15)4-2-1-3-5-17-8-13-10(16)6-12-7-14/h10,22H,2-9H2,1H3,(H,15,19)(H,16,18);7H,1-6,8H2,(H,12,14)(H,13,16). The van der Waals surface area contributed by atoms with Crippen LogP contribution in [0.1, 0.15) is 64.7 Å². The van der Waals surface area contributed by atoms with E-state index >= 15 is 0 Å². The highest BCUT2D eigenvalue weighted by Gasteiger charge is 2.35. The second kappa shape index (κ2) is 23.4. The van der Waals surface area contributed by atoms with E-state index in [-0.39, 0.29) is 54.7 Å². The third-order valence-corrected chi connectivity index (χ3v) is 6.58. The summed E-state index contributed by atoms with van der Waals surface area (Å²) in [5, 5.41) is 9.56. The van der Waals surface area contributed by atoms with Crippen molar-refractivity contribution in [3.8, 4) is 0 Å². The molecule has 1 unspecified atom stereocenters. The number of unbranched alkanes of at least 4 members (excludes halogenated alkanes) is 4. The van der Waals surface area contributed by atoms with Gasteiger partial charge in [-0.25, -0.2) is 0 Å². The maximum absolute atomic E-state index is 11.6. The first-order valence-corrected chi connectivity index (χ1v) is 14.6. The Bertz CT molecular complexity index is 820. The molecule has 0 bridgehead atoms. The molecule has 4 N–H and O–H groups in total. The highest BCUT2D eigenvalue weighted by Crippen LogP contribution is 2.18. The predicted octanol–water partition coefficient (Wildman–Crippen LogP) is -0.349. The molecule has 0 aromatic rings. The van der Waals surface area contributed by atoms with Crippen molar-refractivity contribution in [1.29, 1.82) is 0 Å². The lowest BCUT2D eigenvalue weighted by molar-refractivity contribution is -0.138. The Hall–Kier alpha value is -2.55. The number of nitrogens with zero attached hydrogens (tertiary/aromatic N) is 1. The van der Waals surface area contributed by atoms with Gasteiger partial charge in [-0.3, -0.25) is 33.7 Å². The molecular weight excluding hydrogens is 545 g/mol. The van der Waals surface area contributed by atoms with E-state index in [0.717, 1.165) is 31.4 Å². The smallest absolute Gasteiger partial charge is 0.242 e. The van der Waals surface area contributed by atoms with Gasteiger partial charge < -0.3 is 26.1 Å². The number of hydrogen-bond acceptors (Lipinski definition) is 9. The summed E-state index contributed by atoms with van der Waals surface area (Å²) in [6.07, 6.45) is 6.29. The highest BCUT2D eigenvalue weighted by molar-refractivity contribution is 7.99. The molecule has 1 rings (SSSR count). The zero-order valence-electron chi connectivity index (χ0n) is 22.5. The molecule has 1 fully saturated rings. The van der Waals surface area contributed by atoms with Gasteiger partial charge in [-0.2, -0.15) is 12.6 Å². The third kappa shape index (κ3) is 20.1. The van der Waals surface area contributed by atoms with Gasteiger partial charge in [0, 0.05) is 25.9 Å². The zero-order valence-corrected chi connectivity index (χ0v) is 24.2. The minimum absolute atomic E-state index is 0.00716. The normalized spacial score (nSPS) is 14.2. The summed E-state index contributed by atoms with van der Waals surface area (Å²) in [4.78, 5) is 78.4. The Morgan fingerprint density at radius 2 is 1.62 bits per heavy atom. The van der Waals surface area contributed by atoms with Crippen molar-refractivity contribution in [2.75, 3.05) is 37.8 Å². The van der Waals surface area contributed by atoms with Crippen LogP contribution in [0.5, 0.6) is 0 Å². The van der Waals surface area contributed by atoms with Gasteiger partial charge in [0.05, 0.1) is 29.9 Å². The Kier molecular flexibility index (Phi) is 21.8. The molecule has 0 aromatic heterocycles. The summed E-state index contributed by atoms with van der Waals surface area (Å²) in [5.74, 6) is 0.490. The van der Waals surface area contributed by atoms with Crippen LogP contribution in [-0.2, 0) is 33.6 Å². The van der Waals surface area contributed by atoms with Crippen molar-refractivity contribution in [1.82, 2.24) is 26.2 Å². The van der Waals surface area contributed by atoms with Crippen molar-refractivity contribution in [3.05, 3.63) is 0 Å². The lowest BCUT2D eigenvalue weighted by Crippen LogP contribution is -2.36. The first-order chi connectivity index (χ1) is 18.6. The van der Waals surface area contributed by atoms with Crippen LogP contribution in [0.3, 0.4) is 0 Å². The number of nitrogens with one attached hydrogen (secondary N) is 4. The number of amides is 6. The Morgan fingerprint density at radius 3 is 2.23 bits per heavy atom. The van der Waals surface area contributed by atoms with Crippen LogP contribution in [0.25, 0.3) is 0 Å². The first-order valence-electron chi connectivity index (χ1n) is 13.0.